The van der Waals surface area contributed by atoms with Gasteiger partial charge in [-0.15, -0.1) is 0 Å². The number of hydrogen-bond acceptors (Lipinski definition) is 3. The van der Waals surface area contributed by atoms with Crippen molar-refractivity contribution in [2.45, 2.75) is 6.42 Å². The molecule has 1 saturated heterocycles. The zero-order valence-electron chi connectivity index (χ0n) is 10.8. The number of benzene rings is 1. The Labute approximate surface area is 125 Å². The van der Waals surface area contributed by atoms with Gasteiger partial charge < -0.3 is 15.3 Å². The third-order valence-electron chi connectivity index (χ3n) is 3.04. The van der Waals surface area contributed by atoms with E-state index >= 15 is 0 Å². The first kappa shape index (κ1) is 14.6. The molecule has 0 aliphatic carbocycles. The van der Waals surface area contributed by atoms with E-state index in [2.05, 4.69) is 26.1 Å². The number of aliphatic carboxylic acids is 1. The monoisotopic (exact) mass is 338 g/mol. The summed E-state index contributed by atoms with van der Waals surface area (Å²) in [6.07, 6.45) is 3.13. The van der Waals surface area contributed by atoms with Gasteiger partial charge in [0.05, 0.1) is 5.69 Å². The van der Waals surface area contributed by atoms with Gasteiger partial charge in [-0.3, -0.25) is 4.79 Å². The summed E-state index contributed by atoms with van der Waals surface area (Å²) in [5.41, 5.74) is 1.82. The molecule has 0 bridgehead atoms. The fourth-order valence-corrected chi connectivity index (χ4v) is 2.71. The van der Waals surface area contributed by atoms with Gasteiger partial charge >= 0.3 is 5.97 Å². The molecule has 0 saturated carbocycles. The van der Waals surface area contributed by atoms with Crippen molar-refractivity contribution in [3.63, 3.8) is 0 Å². The van der Waals surface area contributed by atoms with Crippen LogP contribution >= 0.6 is 15.9 Å². The van der Waals surface area contributed by atoms with Crippen LogP contribution in [0, 0.1) is 0 Å². The summed E-state index contributed by atoms with van der Waals surface area (Å²) in [5, 5.41) is 11.4. The minimum atomic E-state index is -0.970. The van der Waals surface area contributed by atoms with Gasteiger partial charge in [-0.05, 0) is 39.7 Å². The van der Waals surface area contributed by atoms with Crippen molar-refractivity contribution in [2.75, 3.05) is 24.5 Å². The van der Waals surface area contributed by atoms with Crippen LogP contribution in [0.5, 0.6) is 0 Å². The Hall–Kier alpha value is -1.82. The second kappa shape index (κ2) is 6.56. The molecular formula is C14H15BrN2O3. The zero-order valence-corrected chi connectivity index (χ0v) is 12.4. The molecule has 0 unspecified atom stereocenters. The number of carboxylic acid groups (broad SMARTS) is 1. The fourth-order valence-electron chi connectivity index (χ4n) is 2.06. The minimum absolute atomic E-state index is 0.0737. The summed E-state index contributed by atoms with van der Waals surface area (Å²) in [4.78, 5) is 24.0. The van der Waals surface area contributed by atoms with Gasteiger partial charge in [-0.25, -0.2) is 4.79 Å². The van der Waals surface area contributed by atoms with Crippen molar-refractivity contribution in [1.29, 1.82) is 0 Å². The maximum absolute atomic E-state index is 11.3. The van der Waals surface area contributed by atoms with E-state index < -0.39 is 5.97 Å². The van der Waals surface area contributed by atoms with Crippen LogP contribution < -0.4 is 10.2 Å². The third-order valence-corrected chi connectivity index (χ3v) is 3.68. The third kappa shape index (κ3) is 3.84. The van der Waals surface area contributed by atoms with Gasteiger partial charge in [0.2, 0.25) is 5.91 Å². The Morgan fingerprint density at radius 2 is 2.20 bits per heavy atom. The number of carbonyl (C=O) groups is 2. The Morgan fingerprint density at radius 1 is 1.40 bits per heavy atom. The molecule has 1 heterocycles. The molecule has 5 nitrogen and oxygen atoms in total. The normalized spacial score (nSPS) is 16.1. The van der Waals surface area contributed by atoms with Crippen LogP contribution in [0.4, 0.5) is 5.69 Å². The molecule has 2 N–H and O–H groups in total. The highest BCUT2D eigenvalue weighted by Gasteiger charge is 2.15. The summed E-state index contributed by atoms with van der Waals surface area (Å²) >= 11 is 3.50. The maximum Gasteiger partial charge on any atom is 0.328 e. The average Bonchev–Trinajstić information content (AvgIpc) is 2.61. The van der Waals surface area contributed by atoms with E-state index in [4.69, 9.17) is 5.11 Å². The molecule has 0 aromatic heterocycles. The number of halogens is 1. The van der Waals surface area contributed by atoms with Crippen LogP contribution in [0.25, 0.3) is 6.08 Å². The molecule has 1 aromatic carbocycles. The predicted octanol–water partition coefficient (Wildman–Crippen LogP) is 1.87. The standard InChI is InChI=1S/C14H15BrN2O3/c15-11-9-10(2-4-14(19)20)1-3-12(11)17-7-5-13(18)16-6-8-17/h1-4,9H,5-8H2,(H,16,18)(H,19,20)/b4-2+. The van der Waals surface area contributed by atoms with Gasteiger partial charge in [-0.2, -0.15) is 0 Å². The minimum Gasteiger partial charge on any atom is -0.478 e. The highest BCUT2D eigenvalue weighted by molar-refractivity contribution is 9.10. The summed E-state index contributed by atoms with van der Waals surface area (Å²) in [5.74, 6) is -0.896. The molecule has 106 valence electrons. The molecule has 0 atom stereocenters. The van der Waals surface area contributed by atoms with Gasteiger partial charge in [-0.1, -0.05) is 6.07 Å². The molecule has 1 amide bonds. The SMILES string of the molecule is O=C(O)/C=C/c1ccc(N2CCNC(=O)CC2)c(Br)c1. The number of anilines is 1. The van der Waals surface area contributed by atoms with E-state index in [0.717, 1.165) is 28.3 Å². The maximum atomic E-state index is 11.3. The van der Waals surface area contributed by atoms with Crippen LogP contribution in [0.1, 0.15) is 12.0 Å². The highest BCUT2D eigenvalue weighted by Crippen LogP contribution is 2.28. The molecule has 0 spiro atoms. The Balaban J connectivity index is 2.16. The number of nitrogens with zero attached hydrogens (tertiary/aromatic N) is 1. The lowest BCUT2D eigenvalue weighted by Crippen LogP contribution is -2.28. The Bertz CT molecular complexity index is 557. The quantitative estimate of drug-likeness (QED) is 0.825. The number of nitrogens with one attached hydrogen (secondary N) is 1. The summed E-state index contributed by atoms with van der Waals surface area (Å²) in [6.45, 7) is 2.06. The van der Waals surface area contributed by atoms with E-state index in [1.165, 1.54) is 0 Å². The van der Waals surface area contributed by atoms with Crippen LogP contribution in [-0.2, 0) is 9.59 Å². The molecular weight excluding hydrogens is 324 g/mol. The Morgan fingerprint density at radius 3 is 2.90 bits per heavy atom. The van der Waals surface area contributed by atoms with Gasteiger partial charge in [0, 0.05) is 36.6 Å². The largest absolute Gasteiger partial charge is 0.478 e. The van der Waals surface area contributed by atoms with Crippen molar-refractivity contribution >= 4 is 39.6 Å². The number of carboxylic acids is 1. The Kier molecular flexibility index (Phi) is 4.79. The molecule has 1 aliphatic rings. The summed E-state index contributed by atoms with van der Waals surface area (Å²) in [6, 6.07) is 5.66. The first-order chi connectivity index (χ1) is 9.56. The average molecular weight is 339 g/mol. The first-order valence-electron chi connectivity index (χ1n) is 6.28. The van der Waals surface area contributed by atoms with Crippen molar-refractivity contribution in [3.8, 4) is 0 Å². The second-order valence-electron chi connectivity index (χ2n) is 4.47. The first-order valence-corrected chi connectivity index (χ1v) is 7.08. The highest BCUT2D eigenvalue weighted by atomic mass is 79.9. The fraction of sp³-hybridized carbons (Fsp3) is 0.286. The number of hydrogen-bond donors (Lipinski definition) is 2. The molecule has 6 heteroatoms. The van der Waals surface area contributed by atoms with Crippen LogP contribution in [0.15, 0.2) is 28.7 Å². The van der Waals surface area contributed by atoms with Crippen LogP contribution in [0.2, 0.25) is 0 Å². The molecule has 1 aromatic rings. The summed E-state index contributed by atoms with van der Waals surface area (Å²) in [7, 11) is 0. The summed E-state index contributed by atoms with van der Waals surface area (Å²) < 4.78 is 0.888. The lowest BCUT2D eigenvalue weighted by molar-refractivity contribution is -0.131. The van der Waals surface area contributed by atoms with E-state index in [0.29, 0.717) is 19.5 Å². The smallest absolute Gasteiger partial charge is 0.328 e. The van der Waals surface area contributed by atoms with Crippen molar-refractivity contribution in [2.24, 2.45) is 0 Å². The van der Waals surface area contributed by atoms with E-state index in [-0.39, 0.29) is 5.91 Å². The zero-order chi connectivity index (χ0) is 14.5. The van der Waals surface area contributed by atoms with E-state index in [1.807, 2.05) is 18.2 Å². The number of carbonyl (C=O) groups excluding carboxylic acids is 1. The molecule has 1 fully saturated rings. The van der Waals surface area contributed by atoms with E-state index in [9.17, 15) is 9.59 Å². The topological polar surface area (TPSA) is 69.6 Å². The molecule has 2 rings (SSSR count). The van der Waals surface area contributed by atoms with Gasteiger partial charge in [0.25, 0.3) is 0 Å². The number of rotatable bonds is 3. The van der Waals surface area contributed by atoms with Crippen molar-refractivity contribution < 1.29 is 14.7 Å². The second-order valence-corrected chi connectivity index (χ2v) is 5.32. The molecule has 1 aliphatic heterocycles. The van der Waals surface area contributed by atoms with Crippen molar-refractivity contribution in [3.05, 3.63) is 34.3 Å². The van der Waals surface area contributed by atoms with Gasteiger partial charge in [0.15, 0.2) is 0 Å². The van der Waals surface area contributed by atoms with E-state index in [1.54, 1.807) is 6.08 Å². The van der Waals surface area contributed by atoms with Crippen LogP contribution in [-0.4, -0.2) is 36.6 Å². The van der Waals surface area contributed by atoms with Crippen molar-refractivity contribution in [1.82, 2.24) is 5.32 Å². The van der Waals surface area contributed by atoms with Gasteiger partial charge in [0.1, 0.15) is 0 Å². The predicted molar refractivity (Wildman–Crippen MR) is 80.7 cm³/mol. The number of amides is 1. The lowest BCUT2D eigenvalue weighted by Gasteiger charge is -2.23. The lowest BCUT2D eigenvalue weighted by atomic mass is 10.1. The molecule has 20 heavy (non-hydrogen) atoms. The van der Waals surface area contributed by atoms with Crippen LogP contribution in [0.3, 0.4) is 0 Å². The molecule has 0 radical (unpaired) electrons.